The van der Waals surface area contributed by atoms with E-state index in [2.05, 4.69) is 5.32 Å². The van der Waals surface area contributed by atoms with Crippen LogP contribution in [0.4, 0.5) is 5.69 Å². The van der Waals surface area contributed by atoms with Crippen molar-refractivity contribution in [1.82, 2.24) is 8.61 Å². The Hall–Kier alpha value is -2.80. The molecule has 0 aromatic heterocycles. The SMILES string of the molecule is Cc1ccc(NC(=O)CN(Cc2ccccc2)S(=O)(=O)c2cccc(Cl)c2)cc1S(=O)(=O)N1CCOCC1. The van der Waals surface area contributed by atoms with Gasteiger partial charge in [-0.1, -0.05) is 54.1 Å². The van der Waals surface area contributed by atoms with Crippen molar-refractivity contribution in [3.05, 3.63) is 88.9 Å². The Balaban J connectivity index is 1.58. The largest absolute Gasteiger partial charge is 0.379 e. The zero-order chi connectivity index (χ0) is 27.3. The molecule has 38 heavy (non-hydrogen) atoms. The summed E-state index contributed by atoms with van der Waals surface area (Å²) < 4.78 is 61.0. The average Bonchev–Trinajstić information content (AvgIpc) is 2.90. The highest BCUT2D eigenvalue weighted by Crippen LogP contribution is 2.25. The topological polar surface area (TPSA) is 113 Å². The van der Waals surface area contributed by atoms with Crippen LogP contribution in [0.5, 0.6) is 0 Å². The van der Waals surface area contributed by atoms with Gasteiger partial charge in [-0.25, -0.2) is 16.8 Å². The summed E-state index contributed by atoms with van der Waals surface area (Å²) >= 11 is 6.03. The molecule has 0 radical (unpaired) electrons. The van der Waals surface area contributed by atoms with E-state index < -0.39 is 32.5 Å². The summed E-state index contributed by atoms with van der Waals surface area (Å²) in [5.41, 5.74) is 1.47. The number of aryl methyl sites for hydroxylation is 1. The molecular formula is C26H28ClN3O6S2. The van der Waals surface area contributed by atoms with Crippen molar-refractivity contribution in [3.63, 3.8) is 0 Å². The lowest BCUT2D eigenvalue weighted by molar-refractivity contribution is -0.116. The molecule has 0 saturated carbocycles. The number of ether oxygens (including phenoxy) is 1. The molecule has 0 unspecified atom stereocenters. The van der Waals surface area contributed by atoms with Crippen LogP contribution in [-0.2, 0) is 36.1 Å². The number of nitrogens with zero attached hydrogens (tertiary/aromatic N) is 2. The van der Waals surface area contributed by atoms with Crippen LogP contribution in [0.1, 0.15) is 11.1 Å². The molecule has 3 aromatic rings. The third-order valence-electron chi connectivity index (χ3n) is 6.02. The van der Waals surface area contributed by atoms with Crippen molar-refractivity contribution >= 4 is 43.2 Å². The van der Waals surface area contributed by atoms with Crippen molar-refractivity contribution in [2.75, 3.05) is 38.2 Å². The second-order valence-corrected chi connectivity index (χ2v) is 13.0. The number of nitrogens with one attached hydrogen (secondary N) is 1. The van der Waals surface area contributed by atoms with E-state index in [4.69, 9.17) is 16.3 Å². The predicted molar refractivity (Wildman–Crippen MR) is 145 cm³/mol. The minimum absolute atomic E-state index is 0.0389. The van der Waals surface area contributed by atoms with Crippen LogP contribution >= 0.6 is 11.6 Å². The van der Waals surface area contributed by atoms with E-state index in [9.17, 15) is 21.6 Å². The van der Waals surface area contributed by atoms with Crippen LogP contribution in [0.25, 0.3) is 0 Å². The number of rotatable bonds is 9. The Morgan fingerprint density at radius 2 is 1.68 bits per heavy atom. The molecule has 1 fully saturated rings. The molecule has 1 aliphatic rings. The van der Waals surface area contributed by atoms with Crippen molar-refractivity contribution < 1.29 is 26.4 Å². The second-order valence-electron chi connectivity index (χ2n) is 8.76. The number of amides is 1. The van der Waals surface area contributed by atoms with Crippen LogP contribution in [0.15, 0.2) is 82.6 Å². The third kappa shape index (κ3) is 6.60. The first-order valence-corrected chi connectivity index (χ1v) is 15.1. The second kappa shape index (κ2) is 11.9. The lowest BCUT2D eigenvalue weighted by Crippen LogP contribution is -2.40. The molecule has 202 valence electrons. The molecule has 9 nitrogen and oxygen atoms in total. The van der Waals surface area contributed by atoms with E-state index in [1.165, 1.54) is 28.6 Å². The number of benzene rings is 3. The first kappa shape index (κ1) is 28.2. The molecule has 1 N–H and O–H groups in total. The molecule has 0 atom stereocenters. The number of hydrogen-bond acceptors (Lipinski definition) is 6. The van der Waals surface area contributed by atoms with Crippen LogP contribution in [0, 0.1) is 6.92 Å². The number of carbonyl (C=O) groups is 1. The van der Waals surface area contributed by atoms with Gasteiger partial charge in [0.25, 0.3) is 0 Å². The first-order chi connectivity index (χ1) is 18.1. The minimum Gasteiger partial charge on any atom is -0.379 e. The molecule has 4 rings (SSSR count). The summed E-state index contributed by atoms with van der Waals surface area (Å²) in [6.07, 6.45) is 0. The summed E-state index contributed by atoms with van der Waals surface area (Å²) in [7, 11) is -7.88. The smallest absolute Gasteiger partial charge is 0.243 e. The first-order valence-electron chi connectivity index (χ1n) is 11.9. The Labute approximate surface area is 228 Å². The molecule has 0 bridgehead atoms. The van der Waals surface area contributed by atoms with Crippen LogP contribution in [0.3, 0.4) is 0 Å². The Morgan fingerprint density at radius 3 is 2.37 bits per heavy atom. The van der Waals surface area contributed by atoms with Gasteiger partial charge in [0.05, 0.1) is 29.5 Å². The van der Waals surface area contributed by atoms with Crippen LogP contribution in [0.2, 0.25) is 5.02 Å². The number of carbonyl (C=O) groups excluding carboxylic acids is 1. The van der Waals surface area contributed by atoms with E-state index >= 15 is 0 Å². The Morgan fingerprint density at radius 1 is 0.974 bits per heavy atom. The predicted octanol–water partition coefficient (Wildman–Crippen LogP) is 3.50. The lowest BCUT2D eigenvalue weighted by atomic mass is 10.2. The maximum atomic E-state index is 13.5. The number of hydrogen-bond donors (Lipinski definition) is 1. The monoisotopic (exact) mass is 577 g/mol. The van der Waals surface area contributed by atoms with Gasteiger partial charge in [0.2, 0.25) is 26.0 Å². The van der Waals surface area contributed by atoms with Gasteiger partial charge in [-0.05, 0) is 48.4 Å². The normalized spacial score (nSPS) is 14.9. The summed E-state index contributed by atoms with van der Waals surface area (Å²) in [6.45, 7) is 2.25. The van der Waals surface area contributed by atoms with Crippen LogP contribution in [-0.4, -0.2) is 64.2 Å². The van der Waals surface area contributed by atoms with Gasteiger partial charge < -0.3 is 10.1 Å². The average molecular weight is 578 g/mol. The number of anilines is 1. The summed E-state index contributed by atoms with van der Waals surface area (Å²) in [6, 6.07) is 19.3. The van der Waals surface area contributed by atoms with E-state index in [0.29, 0.717) is 24.3 Å². The molecular weight excluding hydrogens is 550 g/mol. The van der Waals surface area contributed by atoms with Gasteiger partial charge in [-0.15, -0.1) is 0 Å². The van der Waals surface area contributed by atoms with Crippen molar-refractivity contribution in [3.8, 4) is 0 Å². The quantitative estimate of drug-likeness (QED) is 0.416. The zero-order valence-electron chi connectivity index (χ0n) is 20.7. The lowest BCUT2D eigenvalue weighted by Gasteiger charge is -2.27. The fourth-order valence-electron chi connectivity index (χ4n) is 4.03. The van der Waals surface area contributed by atoms with Gasteiger partial charge in [-0.2, -0.15) is 8.61 Å². The molecule has 1 amide bonds. The minimum atomic E-state index is -4.09. The van der Waals surface area contributed by atoms with Gasteiger partial charge in [0.1, 0.15) is 0 Å². The molecule has 3 aromatic carbocycles. The molecule has 1 aliphatic heterocycles. The fourth-order valence-corrected chi connectivity index (χ4v) is 7.38. The van der Waals surface area contributed by atoms with Gasteiger partial charge >= 0.3 is 0 Å². The Bertz CT molecular complexity index is 1510. The fraction of sp³-hybridized carbons (Fsp3) is 0.269. The zero-order valence-corrected chi connectivity index (χ0v) is 23.1. The van der Waals surface area contributed by atoms with E-state index in [1.54, 1.807) is 49.4 Å². The maximum absolute atomic E-state index is 13.5. The highest BCUT2D eigenvalue weighted by molar-refractivity contribution is 7.89. The molecule has 1 heterocycles. The summed E-state index contributed by atoms with van der Waals surface area (Å²) in [4.78, 5) is 13.1. The molecule has 0 spiro atoms. The highest BCUT2D eigenvalue weighted by atomic mass is 35.5. The van der Waals surface area contributed by atoms with Crippen molar-refractivity contribution in [1.29, 1.82) is 0 Å². The third-order valence-corrected chi connectivity index (χ3v) is 10.1. The number of halogens is 1. The van der Waals surface area contributed by atoms with E-state index in [-0.39, 0.29) is 40.1 Å². The van der Waals surface area contributed by atoms with E-state index in [1.807, 2.05) is 6.07 Å². The van der Waals surface area contributed by atoms with Gasteiger partial charge in [0, 0.05) is 30.3 Å². The van der Waals surface area contributed by atoms with E-state index in [0.717, 1.165) is 4.31 Å². The standard InChI is InChI=1S/C26H28ClN3O6S2/c1-20-10-11-23(17-25(20)38(34,35)29-12-14-36-15-13-29)28-26(31)19-30(18-21-6-3-2-4-7-21)37(32,33)24-9-5-8-22(27)16-24/h2-11,16-17H,12-15,18-19H2,1H3,(H,28,31). The van der Waals surface area contributed by atoms with Crippen molar-refractivity contribution in [2.45, 2.75) is 23.3 Å². The molecule has 1 saturated heterocycles. The summed E-state index contributed by atoms with van der Waals surface area (Å²) in [5, 5.41) is 2.91. The number of morpholine rings is 1. The van der Waals surface area contributed by atoms with Crippen LogP contribution < -0.4 is 5.32 Å². The molecule has 0 aliphatic carbocycles. The van der Waals surface area contributed by atoms with Gasteiger partial charge in [-0.3, -0.25) is 4.79 Å². The van der Waals surface area contributed by atoms with Gasteiger partial charge in [0.15, 0.2) is 0 Å². The number of sulfonamides is 2. The van der Waals surface area contributed by atoms with Crippen molar-refractivity contribution in [2.24, 2.45) is 0 Å². The maximum Gasteiger partial charge on any atom is 0.243 e. The summed E-state index contributed by atoms with van der Waals surface area (Å²) in [5.74, 6) is -0.620. The Kier molecular flexibility index (Phi) is 8.86. The molecule has 12 heteroatoms. The highest BCUT2D eigenvalue weighted by Gasteiger charge is 2.29.